The van der Waals surface area contributed by atoms with Crippen LogP contribution in [0.3, 0.4) is 0 Å². The van der Waals surface area contributed by atoms with Gasteiger partial charge in [0.15, 0.2) is 5.13 Å². The maximum absolute atomic E-state index is 4.49. The van der Waals surface area contributed by atoms with E-state index in [1.54, 1.807) is 11.3 Å². The molecule has 5 heteroatoms. The molecule has 0 aliphatic carbocycles. The van der Waals surface area contributed by atoms with Crippen molar-refractivity contribution in [1.82, 2.24) is 9.88 Å². The third-order valence-corrected chi connectivity index (χ3v) is 4.93. The molecule has 0 N–H and O–H groups in total. The van der Waals surface area contributed by atoms with E-state index in [1.807, 2.05) is 0 Å². The number of nitrogens with zero attached hydrogens (tertiary/aromatic N) is 3. The number of hydrogen-bond acceptors (Lipinski definition) is 4. The Bertz CT molecular complexity index is 354. The van der Waals surface area contributed by atoms with Crippen molar-refractivity contribution in [3.63, 3.8) is 0 Å². The molecule has 0 amide bonds. The van der Waals surface area contributed by atoms with E-state index in [2.05, 4.69) is 36.1 Å². The lowest BCUT2D eigenvalue weighted by Gasteiger charge is -2.37. The van der Waals surface area contributed by atoms with Gasteiger partial charge in [-0.25, -0.2) is 4.98 Å². The van der Waals surface area contributed by atoms with Crippen molar-refractivity contribution >= 4 is 32.4 Å². The second-order valence-corrected chi connectivity index (χ2v) is 5.88. The summed E-state index contributed by atoms with van der Waals surface area (Å²) in [7, 11) is 0. The number of aromatic nitrogens is 1. The summed E-state index contributed by atoms with van der Waals surface area (Å²) in [6.07, 6.45) is 2.74. The number of halogens is 1. The standard InChI is InChI=1S/C10H14BrN3S/c11-9-7-15-10(12-9)14-5-4-13-3-1-2-8(13)6-14/h7-8H,1-6H2. The van der Waals surface area contributed by atoms with Crippen molar-refractivity contribution in [3.8, 4) is 0 Å². The van der Waals surface area contributed by atoms with Gasteiger partial charge in [0.1, 0.15) is 4.60 Å². The molecule has 0 bridgehead atoms. The van der Waals surface area contributed by atoms with E-state index in [1.165, 1.54) is 37.6 Å². The molecule has 0 aromatic carbocycles. The number of anilines is 1. The van der Waals surface area contributed by atoms with Crippen LogP contribution in [-0.2, 0) is 0 Å². The maximum Gasteiger partial charge on any atom is 0.186 e. The summed E-state index contributed by atoms with van der Waals surface area (Å²) in [5, 5.41) is 3.24. The number of thiazole rings is 1. The quantitative estimate of drug-likeness (QED) is 0.789. The molecule has 3 nitrogen and oxygen atoms in total. The van der Waals surface area contributed by atoms with Gasteiger partial charge in [-0.1, -0.05) is 0 Å². The van der Waals surface area contributed by atoms with E-state index in [9.17, 15) is 0 Å². The van der Waals surface area contributed by atoms with Crippen molar-refractivity contribution in [1.29, 1.82) is 0 Å². The molecule has 1 aromatic rings. The summed E-state index contributed by atoms with van der Waals surface area (Å²) < 4.78 is 0.969. The van der Waals surface area contributed by atoms with E-state index in [0.717, 1.165) is 17.2 Å². The van der Waals surface area contributed by atoms with Gasteiger partial charge in [0.05, 0.1) is 0 Å². The van der Waals surface area contributed by atoms with E-state index in [-0.39, 0.29) is 0 Å². The summed E-state index contributed by atoms with van der Waals surface area (Å²) >= 11 is 5.16. The highest BCUT2D eigenvalue weighted by molar-refractivity contribution is 9.10. The number of rotatable bonds is 1. The van der Waals surface area contributed by atoms with Crippen LogP contribution in [0.5, 0.6) is 0 Å². The Morgan fingerprint density at radius 3 is 3.13 bits per heavy atom. The molecule has 15 heavy (non-hydrogen) atoms. The largest absolute Gasteiger partial charge is 0.345 e. The maximum atomic E-state index is 4.49. The van der Waals surface area contributed by atoms with Gasteiger partial charge in [-0.05, 0) is 35.3 Å². The summed E-state index contributed by atoms with van der Waals surface area (Å²) in [5.41, 5.74) is 0. The number of hydrogen-bond donors (Lipinski definition) is 0. The van der Waals surface area contributed by atoms with E-state index >= 15 is 0 Å². The molecule has 1 unspecified atom stereocenters. The van der Waals surface area contributed by atoms with Gasteiger partial charge in [0.25, 0.3) is 0 Å². The number of piperazine rings is 1. The lowest BCUT2D eigenvalue weighted by molar-refractivity contribution is 0.231. The summed E-state index contributed by atoms with van der Waals surface area (Å²) in [4.78, 5) is 9.55. The van der Waals surface area contributed by atoms with Gasteiger partial charge in [0.2, 0.25) is 0 Å². The fourth-order valence-electron chi connectivity index (χ4n) is 2.56. The second-order valence-electron chi connectivity index (χ2n) is 4.23. The van der Waals surface area contributed by atoms with Crippen LogP contribution in [0.4, 0.5) is 5.13 Å². The van der Waals surface area contributed by atoms with Crippen LogP contribution in [0.15, 0.2) is 9.98 Å². The van der Waals surface area contributed by atoms with Crippen LogP contribution in [0.25, 0.3) is 0 Å². The average Bonchev–Trinajstić information content (AvgIpc) is 2.84. The van der Waals surface area contributed by atoms with Crippen LogP contribution in [0.1, 0.15) is 12.8 Å². The third-order valence-electron chi connectivity index (χ3n) is 3.32. The van der Waals surface area contributed by atoms with E-state index in [4.69, 9.17) is 0 Å². The molecular weight excluding hydrogens is 274 g/mol. The van der Waals surface area contributed by atoms with E-state index < -0.39 is 0 Å². The second kappa shape index (κ2) is 4.03. The summed E-state index contributed by atoms with van der Waals surface area (Å²) in [6.45, 7) is 4.82. The Morgan fingerprint density at radius 2 is 2.33 bits per heavy atom. The van der Waals surface area contributed by atoms with Crippen LogP contribution in [-0.4, -0.2) is 42.1 Å². The molecule has 2 saturated heterocycles. The molecule has 3 heterocycles. The normalized spacial score (nSPS) is 27.0. The van der Waals surface area contributed by atoms with Crippen molar-refractivity contribution in [2.75, 3.05) is 31.1 Å². The van der Waals surface area contributed by atoms with Crippen molar-refractivity contribution in [2.24, 2.45) is 0 Å². The Kier molecular flexibility index (Phi) is 2.70. The summed E-state index contributed by atoms with van der Waals surface area (Å²) in [5.74, 6) is 0. The lowest BCUT2D eigenvalue weighted by atomic mass is 10.2. The lowest BCUT2D eigenvalue weighted by Crippen LogP contribution is -2.50. The first-order valence-corrected chi connectivity index (χ1v) is 7.10. The Hall–Kier alpha value is -0.130. The molecule has 1 aromatic heterocycles. The van der Waals surface area contributed by atoms with Crippen molar-refractivity contribution < 1.29 is 0 Å². The fourth-order valence-corrected chi connectivity index (χ4v) is 3.84. The van der Waals surface area contributed by atoms with Crippen LogP contribution >= 0.6 is 27.3 Å². The zero-order valence-electron chi connectivity index (χ0n) is 8.53. The highest BCUT2D eigenvalue weighted by Crippen LogP contribution is 2.28. The van der Waals surface area contributed by atoms with E-state index in [0.29, 0.717) is 0 Å². The third kappa shape index (κ3) is 1.92. The van der Waals surface area contributed by atoms with Gasteiger partial charge in [-0.3, -0.25) is 4.90 Å². The average molecular weight is 288 g/mol. The molecule has 2 aliphatic rings. The summed E-state index contributed by atoms with van der Waals surface area (Å²) in [6, 6.07) is 0.779. The van der Waals surface area contributed by atoms with Gasteiger partial charge < -0.3 is 4.90 Å². The van der Waals surface area contributed by atoms with Gasteiger partial charge in [-0.15, -0.1) is 11.3 Å². The number of fused-ring (bicyclic) bond motifs is 1. The zero-order valence-corrected chi connectivity index (χ0v) is 10.9. The minimum Gasteiger partial charge on any atom is -0.345 e. The SMILES string of the molecule is Brc1csc(N2CCN3CCCC3C2)n1. The molecule has 1 atom stereocenters. The zero-order chi connectivity index (χ0) is 10.3. The van der Waals surface area contributed by atoms with Crippen LogP contribution in [0, 0.1) is 0 Å². The molecule has 0 spiro atoms. The van der Waals surface area contributed by atoms with Crippen LogP contribution < -0.4 is 4.90 Å². The highest BCUT2D eigenvalue weighted by atomic mass is 79.9. The van der Waals surface area contributed by atoms with Crippen molar-refractivity contribution in [3.05, 3.63) is 9.98 Å². The topological polar surface area (TPSA) is 19.4 Å². The molecular formula is C10H14BrN3S. The first kappa shape index (κ1) is 10.1. The molecule has 0 saturated carbocycles. The van der Waals surface area contributed by atoms with Crippen LogP contribution in [0.2, 0.25) is 0 Å². The molecule has 3 rings (SSSR count). The fraction of sp³-hybridized carbons (Fsp3) is 0.700. The predicted octanol–water partition coefficient (Wildman–Crippen LogP) is 2.19. The smallest absolute Gasteiger partial charge is 0.186 e. The van der Waals surface area contributed by atoms with Gasteiger partial charge in [0, 0.05) is 31.1 Å². The highest BCUT2D eigenvalue weighted by Gasteiger charge is 2.31. The first-order valence-electron chi connectivity index (χ1n) is 5.43. The first-order chi connectivity index (χ1) is 7.33. The van der Waals surface area contributed by atoms with Gasteiger partial charge in [-0.2, -0.15) is 0 Å². The molecule has 2 fully saturated rings. The Labute approximate surface area is 102 Å². The molecule has 0 radical (unpaired) electrons. The molecule has 2 aliphatic heterocycles. The minimum atomic E-state index is 0.779. The van der Waals surface area contributed by atoms with Gasteiger partial charge >= 0.3 is 0 Å². The molecule has 82 valence electrons. The Morgan fingerprint density at radius 1 is 1.40 bits per heavy atom. The van der Waals surface area contributed by atoms with Crippen molar-refractivity contribution in [2.45, 2.75) is 18.9 Å². The monoisotopic (exact) mass is 287 g/mol. The predicted molar refractivity (Wildman–Crippen MR) is 66.6 cm³/mol. The minimum absolute atomic E-state index is 0.779. The Balaban J connectivity index is 1.73.